The van der Waals surface area contributed by atoms with Gasteiger partial charge in [0.1, 0.15) is 17.9 Å². The van der Waals surface area contributed by atoms with Gasteiger partial charge in [-0.3, -0.25) is 4.79 Å². The Morgan fingerprint density at radius 2 is 2.20 bits per heavy atom. The molecule has 0 saturated carbocycles. The number of hydrogen-bond acceptors (Lipinski definition) is 7. The first-order chi connectivity index (χ1) is 12.1. The fourth-order valence-corrected chi connectivity index (χ4v) is 5.80. The summed E-state index contributed by atoms with van der Waals surface area (Å²) in [6.07, 6.45) is 4.67. The first-order valence-corrected chi connectivity index (χ1v) is 10.7. The van der Waals surface area contributed by atoms with Gasteiger partial charge in [-0.05, 0) is 31.4 Å². The van der Waals surface area contributed by atoms with E-state index in [1.165, 1.54) is 30.4 Å². The summed E-state index contributed by atoms with van der Waals surface area (Å²) in [5.41, 5.74) is 0.334. The van der Waals surface area contributed by atoms with Crippen molar-refractivity contribution in [2.45, 2.75) is 44.0 Å². The van der Waals surface area contributed by atoms with Crippen molar-refractivity contribution >= 4 is 38.5 Å². The third-order valence-electron chi connectivity index (χ3n) is 4.09. The van der Waals surface area contributed by atoms with Crippen LogP contribution < -0.4 is 5.63 Å². The number of rotatable bonds is 7. The van der Waals surface area contributed by atoms with Crippen molar-refractivity contribution in [1.82, 2.24) is 0 Å². The number of carbonyl (C=O) groups is 1. The van der Waals surface area contributed by atoms with E-state index in [4.69, 9.17) is 9.15 Å². The third-order valence-corrected chi connectivity index (χ3v) is 7.09. The quantitative estimate of drug-likeness (QED) is 0.333. The Kier molecular flexibility index (Phi) is 6.31. The standard InChI is InChI=1S/C18H20O5S2/c19-13-5-6-15-12(9-18(21)23-16(15)10-13)11-22-17(20)4-2-1-3-14-7-8-24-25-14/h5-6,9-10,14,19H,1-4,7-8,11H2/t14-/m1/s1. The Bertz CT molecular complexity index is 796. The van der Waals surface area contributed by atoms with Gasteiger partial charge in [-0.15, -0.1) is 0 Å². The maximum absolute atomic E-state index is 11.9. The molecule has 25 heavy (non-hydrogen) atoms. The fraction of sp³-hybridized carbons (Fsp3) is 0.444. The maximum Gasteiger partial charge on any atom is 0.336 e. The van der Waals surface area contributed by atoms with E-state index in [1.54, 1.807) is 6.07 Å². The van der Waals surface area contributed by atoms with E-state index in [1.807, 2.05) is 21.6 Å². The molecule has 1 N–H and O–H groups in total. The van der Waals surface area contributed by atoms with E-state index < -0.39 is 5.63 Å². The summed E-state index contributed by atoms with van der Waals surface area (Å²) in [6, 6.07) is 5.85. The molecule has 1 atom stereocenters. The molecule has 5 nitrogen and oxygen atoms in total. The highest BCUT2D eigenvalue weighted by Gasteiger charge is 2.16. The Hall–Kier alpha value is -1.60. The van der Waals surface area contributed by atoms with Crippen LogP contribution in [-0.2, 0) is 16.1 Å². The molecule has 0 spiro atoms. The fourth-order valence-electron chi connectivity index (χ4n) is 2.77. The Morgan fingerprint density at radius 1 is 1.32 bits per heavy atom. The Balaban J connectivity index is 1.50. The van der Waals surface area contributed by atoms with Crippen LogP contribution in [0.15, 0.2) is 33.5 Å². The van der Waals surface area contributed by atoms with Crippen molar-refractivity contribution in [3.63, 3.8) is 0 Å². The highest BCUT2D eigenvalue weighted by Crippen LogP contribution is 2.39. The number of unbranched alkanes of at least 4 members (excludes halogenated alkanes) is 1. The van der Waals surface area contributed by atoms with Gasteiger partial charge in [0.15, 0.2) is 0 Å². The van der Waals surface area contributed by atoms with Crippen molar-refractivity contribution in [1.29, 1.82) is 0 Å². The van der Waals surface area contributed by atoms with Crippen molar-refractivity contribution < 1.29 is 19.1 Å². The Labute approximate surface area is 153 Å². The summed E-state index contributed by atoms with van der Waals surface area (Å²) in [5, 5.41) is 10.9. The molecule has 1 saturated heterocycles. The molecule has 7 heteroatoms. The number of phenolic OH excluding ortho intramolecular Hbond substituents is 1. The topological polar surface area (TPSA) is 76.7 Å². The molecule has 1 aromatic carbocycles. The summed E-state index contributed by atoms with van der Waals surface area (Å²) in [6.45, 7) is 0.0286. The number of carbonyl (C=O) groups excluding carboxylic acids is 1. The van der Waals surface area contributed by atoms with E-state index in [-0.39, 0.29) is 23.9 Å². The van der Waals surface area contributed by atoms with Crippen LogP contribution in [-0.4, -0.2) is 22.1 Å². The summed E-state index contributed by atoms with van der Waals surface area (Å²) in [4.78, 5) is 23.5. The lowest BCUT2D eigenvalue weighted by atomic mass is 10.1. The predicted octanol–water partition coefficient (Wildman–Crippen LogP) is 4.26. The van der Waals surface area contributed by atoms with E-state index in [0.29, 0.717) is 17.4 Å². The van der Waals surface area contributed by atoms with Crippen LogP contribution in [0.4, 0.5) is 0 Å². The third kappa shape index (κ3) is 5.19. The second kappa shape index (κ2) is 8.67. The van der Waals surface area contributed by atoms with Gasteiger partial charge in [0.05, 0.1) is 0 Å². The molecule has 0 unspecified atom stereocenters. The first kappa shape index (κ1) is 18.2. The van der Waals surface area contributed by atoms with Gasteiger partial charge in [-0.25, -0.2) is 4.79 Å². The van der Waals surface area contributed by atoms with Gasteiger partial charge in [-0.2, -0.15) is 0 Å². The van der Waals surface area contributed by atoms with Crippen molar-refractivity contribution in [3.05, 3.63) is 40.2 Å². The van der Waals surface area contributed by atoms with Crippen LogP contribution in [0.1, 0.15) is 37.7 Å². The first-order valence-electron chi connectivity index (χ1n) is 8.31. The van der Waals surface area contributed by atoms with Gasteiger partial charge in [-0.1, -0.05) is 28.0 Å². The highest BCUT2D eigenvalue weighted by atomic mass is 33.1. The number of phenols is 1. The average Bonchev–Trinajstić information content (AvgIpc) is 3.09. The SMILES string of the molecule is O=C(CCCC[C@@H]1CCSS1)OCc1cc(=O)oc2cc(O)ccc12. The van der Waals surface area contributed by atoms with Gasteiger partial charge in [0, 0.05) is 40.5 Å². The van der Waals surface area contributed by atoms with Crippen molar-refractivity contribution in [2.75, 3.05) is 5.75 Å². The number of esters is 1. The molecular formula is C18H20O5S2. The summed E-state index contributed by atoms with van der Waals surface area (Å²) in [7, 11) is 3.89. The second-order valence-corrected chi connectivity index (χ2v) is 8.79. The van der Waals surface area contributed by atoms with E-state index in [2.05, 4.69) is 0 Å². The molecule has 0 aliphatic carbocycles. The summed E-state index contributed by atoms with van der Waals surface area (Å²) in [5.74, 6) is 0.992. The lowest BCUT2D eigenvalue weighted by Crippen LogP contribution is -2.07. The van der Waals surface area contributed by atoms with E-state index in [0.717, 1.165) is 24.5 Å². The minimum atomic E-state index is -0.531. The van der Waals surface area contributed by atoms with Crippen molar-refractivity contribution in [2.24, 2.45) is 0 Å². The lowest BCUT2D eigenvalue weighted by molar-refractivity contribution is -0.145. The molecule has 134 valence electrons. The largest absolute Gasteiger partial charge is 0.508 e. The van der Waals surface area contributed by atoms with E-state index in [9.17, 15) is 14.7 Å². The second-order valence-electron chi connectivity index (χ2n) is 6.01. The van der Waals surface area contributed by atoms with Gasteiger partial charge in [0.25, 0.3) is 0 Å². The van der Waals surface area contributed by atoms with E-state index >= 15 is 0 Å². The maximum atomic E-state index is 11.9. The molecule has 0 radical (unpaired) electrons. The average molecular weight is 380 g/mol. The number of hydrogen-bond donors (Lipinski definition) is 1. The molecular weight excluding hydrogens is 360 g/mol. The predicted molar refractivity (Wildman–Crippen MR) is 101 cm³/mol. The zero-order chi connectivity index (χ0) is 17.6. The highest BCUT2D eigenvalue weighted by molar-refractivity contribution is 8.77. The van der Waals surface area contributed by atoms with Gasteiger partial charge in [0.2, 0.25) is 0 Å². The monoisotopic (exact) mass is 380 g/mol. The summed E-state index contributed by atoms with van der Waals surface area (Å²) < 4.78 is 10.4. The number of aromatic hydroxyl groups is 1. The zero-order valence-corrected chi connectivity index (χ0v) is 15.4. The molecule has 2 heterocycles. The van der Waals surface area contributed by atoms with Crippen LogP contribution in [0.3, 0.4) is 0 Å². The van der Waals surface area contributed by atoms with Crippen LogP contribution in [0.2, 0.25) is 0 Å². The molecule has 1 aliphatic rings. The molecule has 1 aromatic heterocycles. The van der Waals surface area contributed by atoms with Crippen LogP contribution in [0, 0.1) is 0 Å². The summed E-state index contributed by atoms with van der Waals surface area (Å²) >= 11 is 0. The molecule has 1 aliphatic heterocycles. The van der Waals surface area contributed by atoms with Crippen molar-refractivity contribution in [3.8, 4) is 5.75 Å². The minimum absolute atomic E-state index is 0.0172. The van der Waals surface area contributed by atoms with Crippen LogP contribution >= 0.6 is 21.6 Å². The number of ether oxygens (including phenoxy) is 1. The lowest BCUT2D eigenvalue weighted by Gasteiger charge is -2.08. The number of fused-ring (bicyclic) bond motifs is 1. The Morgan fingerprint density at radius 3 is 3.00 bits per heavy atom. The van der Waals surface area contributed by atoms with Crippen LogP contribution in [0.25, 0.3) is 11.0 Å². The normalized spacial score (nSPS) is 17.0. The molecule has 2 aromatic rings. The van der Waals surface area contributed by atoms with Crippen LogP contribution in [0.5, 0.6) is 5.75 Å². The van der Waals surface area contributed by atoms with Gasteiger partial charge < -0.3 is 14.3 Å². The molecule has 0 amide bonds. The molecule has 0 bridgehead atoms. The molecule has 1 fully saturated rings. The minimum Gasteiger partial charge on any atom is -0.508 e. The number of benzene rings is 1. The molecule has 3 rings (SSSR count). The van der Waals surface area contributed by atoms with Gasteiger partial charge >= 0.3 is 11.6 Å². The zero-order valence-electron chi connectivity index (χ0n) is 13.7. The smallest absolute Gasteiger partial charge is 0.336 e.